The lowest BCUT2D eigenvalue weighted by Gasteiger charge is -2.08. The molecule has 1 amide bonds. The summed E-state index contributed by atoms with van der Waals surface area (Å²) >= 11 is 7.16. The Bertz CT molecular complexity index is 1430. The number of halogens is 1. The molecular weight excluding hydrogens is 484 g/mol. The molecule has 0 aliphatic heterocycles. The monoisotopic (exact) mass is 502 g/mol. The van der Waals surface area contributed by atoms with E-state index >= 15 is 0 Å². The van der Waals surface area contributed by atoms with Gasteiger partial charge >= 0.3 is 5.97 Å². The Labute approximate surface area is 211 Å². The van der Waals surface area contributed by atoms with Crippen LogP contribution in [0.2, 0.25) is 5.02 Å². The summed E-state index contributed by atoms with van der Waals surface area (Å²) in [4.78, 5) is 25.7. The highest BCUT2D eigenvalue weighted by molar-refractivity contribution is 7.15. The normalized spacial score (nSPS) is 11.1. The third-order valence-electron chi connectivity index (χ3n) is 4.99. The number of hydrogen-bond acceptors (Lipinski definition) is 6. The van der Waals surface area contributed by atoms with E-state index in [2.05, 4.69) is 5.32 Å². The molecule has 0 atom stereocenters. The van der Waals surface area contributed by atoms with E-state index in [0.29, 0.717) is 22.1 Å². The molecule has 35 heavy (non-hydrogen) atoms. The van der Waals surface area contributed by atoms with E-state index in [0.717, 1.165) is 11.1 Å². The van der Waals surface area contributed by atoms with Gasteiger partial charge in [-0.25, -0.2) is 4.79 Å². The molecule has 2 aromatic carbocycles. The number of ether oxygens (including phenoxy) is 1. The van der Waals surface area contributed by atoms with Crippen molar-refractivity contribution in [3.8, 4) is 28.5 Å². The van der Waals surface area contributed by atoms with E-state index in [1.54, 1.807) is 48.7 Å². The maximum Gasteiger partial charge on any atom is 0.341 e. The van der Waals surface area contributed by atoms with Gasteiger partial charge in [-0.15, -0.1) is 11.3 Å². The summed E-state index contributed by atoms with van der Waals surface area (Å²) in [6, 6.07) is 21.8. The van der Waals surface area contributed by atoms with Gasteiger partial charge in [-0.3, -0.25) is 4.79 Å². The lowest BCUT2D eigenvalue weighted by molar-refractivity contribution is -0.112. The quantitative estimate of drug-likeness (QED) is 0.166. The number of nitrogens with zero attached hydrogens (tertiary/aromatic N) is 1. The number of amides is 1. The molecular formula is C27H19ClN2O4S. The fraction of sp³-hybridized carbons (Fsp3) is 0.0741. The van der Waals surface area contributed by atoms with Gasteiger partial charge in [-0.05, 0) is 36.8 Å². The van der Waals surface area contributed by atoms with Crippen molar-refractivity contribution >= 4 is 45.9 Å². The zero-order chi connectivity index (χ0) is 24.8. The molecule has 0 bridgehead atoms. The summed E-state index contributed by atoms with van der Waals surface area (Å²) in [5.41, 5.74) is 2.27. The molecule has 0 unspecified atom stereocenters. The number of esters is 1. The molecule has 0 saturated heterocycles. The molecule has 0 radical (unpaired) electrons. The lowest BCUT2D eigenvalue weighted by Crippen LogP contribution is -2.16. The van der Waals surface area contributed by atoms with E-state index < -0.39 is 11.9 Å². The summed E-state index contributed by atoms with van der Waals surface area (Å²) in [7, 11) is 0. The van der Waals surface area contributed by atoms with E-state index in [9.17, 15) is 14.9 Å². The van der Waals surface area contributed by atoms with Gasteiger partial charge in [0, 0.05) is 27.6 Å². The van der Waals surface area contributed by atoms with Crippen molar-refractivity contribution in [2.45, 2.75) is 6.92 Å². The molecule has 0 saturated carbocycles. The summed E-state index contributed by atoms with van der Waals surface area (Å²) < 4.78 is 11.0. The first kappa shape index (κ1) is 24.0. The molecule has 2 aromatic heterocycles. The number of benzene rings is 2. The number of furan rings is 1. The standard InChI is InChI=1S/C27H19ClN2O4S/c1-2-33-27(32)24-22(17-8-10-20(28)11-9-17)16-35-26(24)30-25(31)19(15-29)14-21-12-13-23(34-21)18-6-4-3-5-7-18/h3-14,16H,2H2,1H3,(H,30,31). The number of hydrogen-bond donors (Lipinski definition) is 1. The van der Waals surface area contributed by atoms with Crippen molar-refractivity contribution in [1.82, 2.24) is 0 Å². The zero-order valence-electron chi connectivity index (χ0n) is 18.6. The zero-order valence-corrected chi connectivity index (χ0v) is 20.2. The van der Waals surface area contributed by atoms with Gasteiger partial charge in [0.15, 0.2) is 0 Å². The minimum Gasteiger partial charge on any atom is -0.462 e. The molecule has 8 heteroatoms. The number of nitriles is 1. The molecule has 1 N–H and O–H groups in total. The van der Waals surface area contributed by atoms with Crippen LogP contribution in [0, 0.1) is 11.3 Å². The largest absolute Gasteiger partial charge is 0.462 e. The molecule has 174 valence electrons. The molecule has 2 heterocycles. The van der Waals surface area contributed by atoms with Crippen LogP contribution in [0.25, 0.3) is 28.5 Å². The van der Waals surface area contributed by atoms with Crippen LogP contribution in [-0.4, -0.2) is 18.5 Å². The minimum absolute atomic E-state index is 0.171. The van der Waals surface area contributed by atoms with Gasteiger partial charge in [0.1, 0.15) is 33.7 Å². The van der Waals surface area contributed by atoms with Gasteiger partial charge in [0.25, 0.3) is 5.91 Å². The van der Waals surface area contributed by atoms with Crippen molar-refractivity contribution in [2.24, 2.45) is 0 Å². The number of carbonyl (C=O) groups excluding carboxylic acids is 2. The van der Waals surface area contributed by atoms with Crippen LogP contribution in [-0.2, 0) is 9.53 Å². The second kappa shape index (κ2) is 10.9. The third kappa shape index (κ3) is 5.52. The van der Waals surface area contributed by atoms with Crippen molar-refractivity contribution < 1.29 is 18.7 Å². The lowest BCUT2D eigenvalue weighted by atomic mass is 10.0. The number of carbonyl (C=O) groups is 2. The maximum atomic E-state index is 12.9. The van der Waals surface area contributed by atoms with Crippen LogP contribution in [0.3, 0.4) is 0 Å². The summed E-state index contributed by atoms with van der Waals surface area (Å²) in [6.45, 7) is 1.88. The van der Waals surface area contributed by atoms with Crippen LogP contribution in [0.5, 0.6) is 0 Å². The smallest absolute Gasteiger partial charge is 0.341 e. The Kier molecular flexibility index (Phi) is 7.46. The van der Waals surface area contributed by atoms with Gasteiger partial charge in [0.2, 0.25) is 0 Å². The summed E-state index contributed by atoms with van der Waals surface area (Å²) in [5.74, 6) is -0.269. The molecule has 0 spiro atoms. The number of rotatable bonds is 7. The number of thiophene rings is 1. The second-order valence-corrected chi connectivity index (χ2v) is 8.59. The Balaban J connectivity index is 1.62. The van der Waals surface area contributed by atoms with Crippen LogP contribution in [0.15, 0.2) is 82.1 Å². The van der Waals surface area contributed by atoms with Crippen molar-refractivity contribution in [1.29, 1.82) is 5.26 Å². The van der Waals surface area contributed by atoms with Crippen molar-refractivity contribution in [3.63, 3.8) is 0 Å². The molecule has 0 aliphatic carbocycles. The first-order valence-electron chi connectivity index (χ1n) is 10.6. The topological polar surface area (TPSA) is 92.3 Å². The van der Waals surface area contributed by atoms with Gasteiger partial charge in [-0.2, -0.15) is 5.26 Å². The van der Waals surface area contributed by atoms with Crippen molar-refractivity contribution in [2.75, 3.05) is 11.9 Å². The Morgan fingerprint density at radius 2 is 1.83 bits per heavy atom. The Morgan fingerprint density at radius 3 is 2.51 bits per heavy atom. The average Bonchev–Trinajstić information content (AvgIpc) is 3.51. The number of nitrogens with one attached hydrogen (secondary N) is 1. The SMILES string of the molecule is CCOC(=O)c1c(-c2ccc(Cl)cc2)csc1NC(=O)C(C#N)=Cc1ccc(-c2ccccc2)o1. The van der Waals surface area contributed by atoms with Crippen molar-refractivity contribution in [3.05, 3.63) is 94.0 Å². The molecule has 6 nitrogen and oxygen atoms in total. The fourth-order valence-electron chi connectivity index (χ4n) is 3.35. The maximum absolute atomic E-state index is 12.9. The van der Waals surface area contributed by atoms with E-state index in [-0.39, 0.29) is 22.7 Å². The molecule has 0 aliphatic rings. The predicted molar refractivity (Wildman–Crippen MR) is 137 cm³/mol. The molecule has 4 rings (SSSR count). The fourth-order valence-corrected chi connectivity index (χ4v) is 4.43. The molecule has 4 aromatic rings. The van der Waals surface area contributed by atoms with E-state index in [1.807, 2.05) is 36.4 Å². The van der Waals surface area contributed by atoms with E-state index in [1.165, 1.54) is 17.4 Å². The van der Waals surface area contributed by atoms with Gasteiger partial charge < -0.3 is 14.5 Å². The average molecular weight is 503 g/mol. The highest BCUT2D eigenvalue weighted by Crippen LogP contribution is 2.37. The highest BCUT2D eigenvalue weighted by atomic mass is 35.5. The minimum atomic E-state index is -0.666. The summed E-state index contributed by atoms with van der Waals surface area (Å²) in [5, 5.41) is 14.9. The first-order valence-corrected chi connectivity index (χ1v) is 11.9. The van der Waals surface area contributed by atoms with E-state index in [4.69, 9.17) is 20.8 Å². The van der Waals surface area contributed by atoms with Crippen LogP contribution in [0.4, 0.5) is 5.00 Å². The molecule has 0 fully saturated rings. The number of anilines is 1. The van der Waals surface area contributed by atoms with Crippen LogP contribution < -0.4 is 5.32 Å². The highest BCUT2D eigenvalue weighted by Gasteiger charge is 2.24. The van der Waals surface area contributed by atoms with Crippen LogP contribution >= 0.6 is 22.9 Å². The predicted octanol–water partition coefficient (Wildman–Crippen LogP) is 7.05. The Morgan fingerprint density at radius 1 is 1.09 bits per heavy atom. The van der Waals surface area contributed by atoms with Gasteiger partial charge in [-0.1, -0.05) is 54.1 Å². The summed E-state index contributed by atoms with van der Waals surface area (Å²) in [6.07, 6.45) is 1.36. The van der Waals surface area contributed by atoms with Gasteiger partial charge in [0.05, 0.1) is 6.61 Å². The third-order valence-corrected chi connectivity index (χ3v) is 6.14. The van der Waals surface area contributed by atoms with Crippen LogP contribution in [0.1, 0.15) is 23.0 Å². The first-order chi connectivity index (χ1) is 17.0. The Hall–Kier alpha value is -4.12. The second-order valence-electron chi connectivity index (χ2n) is 7.27.